The van der Waals surface area contributed by atoms with E-state index in [0.717, 1.165) is 27.9 Å². The number of amides is 1. The van der Waals surface area contributed by atoms with Gasteiger partial charge in [0.15, 0.2) is 0 Å². The highest BCUT2D eigenvalue weighted by Gasteiger charge is 2.25. The maximum Gasteiger partial charge on any atom is 0.268 e. The Bertz CT molecular complexity index is 1010. The number of benzene rings is 1. The Morgan fingerprint density at radius 1 is 1.31 bits per heavy atom. The van der Waals surface area contributed by atoms with Crippen LogP contribution in [0.2, 0.25) is 5.02 Å². The molecule has 1 aliphatic rings. The molecule has 0 atom stereocenters. The number of hydrogen-bond donors (Lipinski definition) is 3. The molecule has 0 unspecified atom stereocenters. The number of nitrogens with zero attached hydrogens (tertiary/aromatic N) is 2. The van der Waals surface area contributed by atoms with Crippen LogP contribution in [-0.4, -0.2) is 35.2 Å². The van der Waals surface area contributed by atoms with Crippen molar-refractivity contribution in [1.29, 1.82) is 0 Å². The van der Waals surface area contributed by atoms with Crippen LogP contribution < -0.4 is 15.5 Å². The van der Waals surface area contributed by atoms with Crippen molar-refractivity contribution in [3.05, 3.63) is 52.8 Å². The fourth-order valence-corrected chi connectivity index (χ4v) is 3.13. The van der Waals surface area contributed by atoms with Gasteiger partial charge in [-0.2, -0.15) is 5.10 Å². The Kier molecular flexibility index (Phi) is 4.22. The lowest BCUT2D eigenvalue weighted by atomic mass is 10.0. The summed E-state index contributed by atoms with van der Waals surface area (Å²) >= 11 is 6.15. The van der Waals surface area contributed by atoms with Crippen molar-refractivity contribution in [2.45, 2.75) is 6.42 Å². The van der Waals surface area contributed by atoms with Gasteiger partial charge in [-0.15, -0.1) is 0 Å². The zero-order chi connectivity index (χ0) is 18.1. The first-order chi connectivity index (χ1) is 12.7. The Morgan fingerprint density at radius 2 is 2.19 bits per heavy atom. The average Bonchev–Trinajstić information content (AvgIpc) is 2.95. The third kappa shape index (κ3) is 2.97. The summed E-state index contributed by atoms with van der Waals surface area (Å²) in [6, 6.07) is 9.06. The van der Waals surface area contributed by atoms with E-state index in [9.17, 15) is 4.79 Å². The van der Waals surface area contributed by atoms with E-state index in [-0.39, 0.29) is 5.91 Å². The first-order valence-corrected chi connectivity index (χ1v) is 8.46. The third-order valence-corrected chi connectivity index (χ3v) is 4.42. The molecular formula is C18H16ClN5O2. The topological polar surface area (TPSA) is 91.4 Å². The van der Waals surface area contributed by atoms with Crippen LogP contribution in [0, 0.1) is 0 Å². The first-order valence-electron chi connectivity index (χ1n) is 8.08. The van der Waals surface area contributed by atoms with Crippen LogP contribution in [0.5, 0.6) is 5.88 Å². The minimum Gasteiger partial charge on any atom is -0.481 e. The van der Waals surface area contributed by atoms with E-state index in [4.69, 9.17) is 16.3 Å². The number of methoxy groups -OCH3 is 1. The van der Waals surface area contributed by atoms with E-state index in [1.807, 2.05) is 18.2 Å². The minimum absolute atomic E-state index is 0.149. The molecule has 1 aromatic carbocycles. The van der Waals surface area contributed by atoms with Crippen LogP contribution >= 0.6 is 11.6 Å². The monoisotopic (exact) mass is 369 g/mol. The minimum atomic E-state index is -0.149. The normalized spacial score (nSPS) is 15.5. The van der Waals surface area contributed by atoms with Gasteiger partial charge in [0.1, 0.15) is 5.69 Å². The zero-order valence-electron chi connectivity index (χ0n) is 14.0. The van der Waals surface area contributed by atoms with Gasteiger partial charge in [0.2, 0.25) is 5.88 Å². The fourth-order valence-electron chi connectivity index (χ4n) is 2.95. The molecule has 1 amide bonds. The van der Waals surface area contributed by atoms with Gasteiger partial charge in [0.05, 0.1) is 24.7 Å². The van der Waals surface area contributed by atoms with Gasteiger partial charge >= 0.3 is 0 Å². The molecule has 0 radical (unpaired) electrons. The molecule has 8 heteroatoms. The molecule has 0 bridgehead atoms. The van der Waals surface area contributed by atoms with Gasteiger partial charge < -0.3 is 15.0 Å². The first kappa shape index (κ1) is 16.4. The molecule has 3 heterocycles. The summed E-state index contributed by atoms with van der Waals surface area (Å²) in [4.78, 5) is 19.7. The van der Waals surface area contributed by atoms with Crippen LogP contribution in [0.3, 0.4) is 0 Å². The SMILES string of the molecule is COc1ccc(N/N=C2\CCNC(=O)c3[nH]c4ccc(Cl)cc4c32)cn1. The van der Waals surface area contributed by atoms with E-state index < -0.39 is 0 Å². The van der Waals surface area contributed by atoms with Gasteiger partial charge in [0, 0.05) is 40.5 Å². The summed E-state index contributed by atoms with van der Waals surface area (Å²) in [5.41, 5.74) is 6.60. The quantitative estimate of drug-likeness (QED) is 0.618. The lowest BCUT2D eigenvalue weighted by Gasteiger charge is -2.06. The van der Waals surface area contributed by atoms with Crippen molar-refractivity contribution < 1.29 is 9.53 Å². The molecule has 4 rings (SSSR count). The molecule has 1 aliphatic heterocycles. The highest BCUT2D eigenvalue weighted by molar-refractivity contribution is 6.32. The van der Waals surface area contributed by atoms with Crippen molar-refractivity contribution in [2.75, 3.05) is 19.1 Å². The summed E-state index contributed by atoms with van der Waals surface area (Å²) in [5.74, 6) is 0.379. The number of aromatic amines is 1. The van der Waals surface area contributed by atoms with Gasteiger partial charge in [-0.3, -0.25) is 10.2 Å². The highest BCUT2D eigenvalue weighted by atomic mass is 35.5. The molecule has 0 saturated carbocycles. The van der Waals surface area contributed by atoms with Gasteiger partial charge in [-0.25, -0.2) is 4.98 Å². The lowest BCUT2D eigenvalue weighted by Crippen LogP contribution is -2.23. The van der Waals surface area contributed by atoms with E-state index >= 15 is 0 Å². The van der Waals surface area contributed by atoms with Crippen LogP contribution in [0.4, 0.5) is 5.69 Å². The number of halogens is 1. The number of carbonyl (C=O) groups excluding carboxylic acids is 1. The molecule has 0 saturated heterocycles. The number of fused-ring (bicyclic) bond motifs is 3. The number of H-pyrrole nitrogens is 1. The summed E-state index contributed by atoms with van der Waals surface area (Å²) < 4.78 is 5.05. The van der Waals surface area contributed by atoms with E-state index in [0.29, 0.717) is 29.6 Å². The standard InChI is InChI=1S/C18H16ClN5O2/c1-26-15-5-3-11(9-21-15)23-24-14-6-7-20-18(25)17-16(14)12-8-10(19)2-4-13(12)22-17/h2-5,8-9,22-23H,6-7H2,1H3,(H,20,25)/b24-14+. The van der Waals surface area contributed by atoms with Crippen LogP contribution in [0.15, 0.2) is 41.6 Å². The molecule has 3 N–H and O–H groups in total. The van der Waals surface area contributed by atoms with Crippen molar-refractivity contribution in [2.24, 2.45) is 5.10 Å². The molecule has 0 aliphatic carbocycles. The molecule has 0 spiro atoms. The lowest BCUT2D eigenvalue weighted by molar-refractivity contribution is 0.0952. The number of nitrogens with one attached hydrogen (secondary N) is 3. The van der Waals surface area contributed by atoms with Crippen LogP contribution in [0.1, 0.15) is 22.5 Å². The van der Waals surface area contributed by atoms with Gasteiger partial charge in [-0.1, -0.05) is 11.6 Å². The maximum absolute atomic E-state index is 12.4. The predicted molar refractivity (Wildman–Crippen MR) is 101 cm³/mol. The fraction of sp³-hybridized carbons (Fsp3) is 0.167. The summed E-state index contributed by atoms with van der Waals surface area (Å²) in [6.07, 6.45) is 2.23. The van der Waals surface area contributed by atoms with Gasteiger partial charge in [0.25, 0.3) is 5.91 Å². The van der Waals surface area contributed by atoms with E-state index in [2.05, 4.69) is 25.8 Å². The van der Waals surface area contributed by atoms with Crippen molar-refractivity contribution >= 4 is 39.8 Å². The largest absolute Gasteiger partial charge is 0.481 e. The highest BCUT2D eigenvalue weighted by Crippen LogP contribution is 2.28. The average molecular weight is 370 g/mol. The number of anilines is 1. The number of hydrogen-bond acceptors (Lipinski definition) is 5. The summed E-state index contributed by atoms with van der Waals surface area (Å²) in [5, 5.41) is 8.89. The van der Waals surface area contributed by atoms with Crippen LogP contribution in [0.25, 0.3) is 10.9 Å². The summed E-state index contributed by atoms with van der Waals surface area (Å²) in [7, 11) is 1.56. The number of ether oxygens (including phenoxy) is 1. The number of hydrazone groups is 1. The Balaban J connectivity index is 1.76. The third-order valence-electron chi connectivity index (χ3n) is 4.19. The zero-order valence-corrected chi connectivity index (χ0v) is 14.7. The number of pyridine rings is 1. The van der Waals surface area contributed by atoms with E-state index in [1.54, 1.807) is 25.4 Å². The molecule has 2 aromatic heterocycles. The second-order valence-corrected chi connectivity index (χ2v) is 6.27. The van der Waals surface area contributed by atoms with Crippen molar-refractivity contribution in [3.8, 4) is 5.88 Å². The van der Waals surface area contributed by atoms with Crippen molar-refractivity contribution in [1.82, 2.24) is 15.3 Å². The molecule has 132 valence electrons. The number of aromatic nitrogens is 2. The molecule has 3 aromatic rings. The smallest absolute Gasteiger partial charge is 0.268 e. The molecule has 7 nitrogen and oxygen atoms in total. The predicted octanol–water partition coefficient (Wildman–Crippen LogP) is 3.17. The Morgan fingerprint density at radius 3 is 2.96 bits per heavy atom. The van der Waals surface area contributed by atoms with Gasteiger partial charge in [-0.05, 0) is 24.3 Å². The number of carbonyl (C=O) groups is 1. The molecule has 0 fully saturated rings. The Labute approximate surface area is 154 Å². The summed E-state index contributed by atoms with van der Waals surface area (Å²) in [6.45, 7) is 0.505. The molecule has 26 heavy (non-hydrogen) atoms. The van der Waals surface area contributed by atoms with E-state index in [1.165, 1.54) is 0 Å². The Hall–Kier alpha value is -3.06. The second-order valence-electron chi connectivity index (χ2n) is 5.83. The molecular weight excluding hydrogens is 354 g/mol. The van der Waals surface area contributed by atoms with Crippen molar-refractivity contribution in [3.63, 3.8) is 0 Å². The maximum atomic E-state index is 12.4. The van der Waals surface area contributed by atoms with Crippen LogP contribution in [-0.2, 0) is 0 Å². The number of rotatable bonds is 3. The second kappa shape index (κ2) is 6.68.